The Hall–Kier alpha value is -0.610. The summed E-state index contributed by atoms with van der Waals surface area (Å²) in [6, 6.07) is 0. The first-order valence-electron chi connectivity index (χ1n) is 4.55. The van der Waals surface area contributed by atoms with Crippen LogP contribution in [0.5, 0.6) is 0 Å². The van der Waals surface area contributed by atoms with Crippen molar-refractivity contribution in [1.29, 1.82) is 0 Å². The molecule has 0 aromatic heterocycles. The number of likely N-dealkylation sites (N-methyl/N-ethyl adjacent to an activating group) is 1. The van der Waals surface area contributed by atoms with Gasteiger partial charge in [0.15, 0.2) is 0 Å². The third-order valence-corrected chi connectivity index (χ3v) is 2.49. The summed E-state index contributed by atoms with van der Waals surface area (Å²) in [5.74, 6) is -0.0140. The Morgan fingerprint density at radius 3 is 2.54 bits per heavy atom. The lowest BCUT2D eigenvalue weighted by Crippen LogP contribution is -2.46. The van der Waals surface area contributed by atoms with Gasteiger partial charge >= 0.3 is 0 Å². The molecule has 4 heteroatoms. The molecular formula is C9H17NO3. The van der Waals surface area contributed by atoms with Gasteiger partial charge in [0, 0.05) is 46.6 Å². The number of carbonyl (C=O) groups excluding carboxylic acids is 1. The van der Waals surface area contributed by atoms with Crippen LogP contribution in [0, 0.1) is 0 Å². The number of hydrogen-bond donors (Lipinski definition) is 1. The van der Waals surface area contributed by atoms with Gasteiger partial charge in [-0.1, -0.05) is 0 Å². The Labute approximate surface area is 78.5 Å². The second-order valence-corrected chi connectivity index (χ2v) is 3.71. The lowest BCUT2D eigenvalue weighted by molar-refractivity contribution is -0.134. The van der Waals surface area contributed by atoms with Crippen molar-refractivity contribution in [3.8, 4) is 0 Å². The molecular weight excluding hydrogens is 170 g/mol. The fourth-order valence-corrected chi connectivity index (χ4v) is 1.46. The highest BCUT2D eigenvalue weighted by Crippen LogP contribution is 2.21. The summed E-state index contributed by atoms with van der Waals surface area (Å²) in [6.45, 7) is 3.08. The normalized spacial score (nSPS) is 21.2. The molecule has 1 fully saturated rings. The minimum Gasteiger partial charge on any atom is -0.388 e. The van der Waals surface area contributed by atoms with Gasteiger partial charge in [-0.25, -0.2) is 0 Å². The number of rotatable bonds is 2. The summed E-state index contributed by atoms with van der Waals surface area (Å²) >= 11 is 0. The van der Waals surface area contributed by atoms with Crippen molar-refractivity contribution in [1.82, 2.24) is 4.90 Å². The zero-order valence-corrected chi connectivity index (χ0v) is 8.25. The van der Waals surface area contributed by atoms with Crippen molar-refractivity contribution < 1.29 is 14.6 Å². The molecule has 13 heavy (non-hydrogen) atoms. The Bertz CT molecular complexity index is 187. The zero-order valence-electron chi connectivity index (χ0n) is 8.25. The maximum absolute atomic E-state index is 10.9. The van der Waals surface area contributed by atoms with Gasteiger partial charge in [0.05, 0.1) is 5.60 Å². The Morgan fingerprint density at radius 1 is 1.54 bits per heavy atom. The van der Waals surface area contributed by atoms with E-state index in [4.69, 9.17) is 4.74 Å². The molecule has 0 unspecified atom stereocenters. The van der Waals surface area contributed by atoms with E-state index in [1.54, 1.807) is 11.9 Å². The zero-order chi connectivity index (χ0) is 9.90. The van der Waals surface area contributed by atoms with Gasteiger partial charge in [0.2, 0.25) is 5.91 Å². The van der Waals surface area contributed by atoms with Gasteiger partial charge in [0.1, 0.15) is 0 Å². The van der Waals surface area contributed by atoms with Crippen molar-refractivity contribution in [2.75, 3.05) is 26.8 Å². The van der Waals surface area contributed by atoms with Crippen LogP contribution < -0.4 is 0 Å². The van der Waals surface area contributed by atoms with Gasteiger partial charge in [0.25, 0.3) is 0 Å². The molecule has 1 amide bonds. The standard InChI is InChI=1S/C9H17NO3/c1-8(11)10(2)7-9(12)3-5-13-6-4-9/h12H,3-7H2,1-2H3. The van der Waals surface area contributed by atoms with Crippen LogP contribution in [0.4, 0.5) is 0 Å². The number of hydrogen-bond acceptors (Lipinski definition) is 3. The first-order chi connectivity index (χ1) is 6.03. The van der Waals surface area contributed by atoms with Gasteiger partial charge in [-0.05, 0) is 0 Å². The average Bonchev–Trinajstić information content (AvgIpc) is 2.04. The second kappa shape index (κ2) is 4.07. The Kier molecular flexibility index (Phi) is 3.27. The van der Waals surface area contributed by atoms with E-state index in [0.29, 0.717) is 32.6 Å². The lowest BCUT2D eigenvalue weighted by atomic mass is 9.94. The maximum atomic E-state index is 10.9. The number of carbonyl (C=O) groups is 1. The Morgan fingerprint density at radius 2 is 2.08 bits per heavy atom. The van der Waals surface area contributed by atoms with Gasteiger partial charge in [-0.2, -0.15) is 0 Å². The van der Waals surface area contributed by atoms with Crippen molar-refractivity contribution in [3.63, 3.8) is 0 Å². The number of ether oxygens (including phenoxy) is 1. The summed E-state index contributed by atoms with van der Waals surface area (Å²) in [6.07, 6.45) is 1.23. The van der Waals surface area contributed by atoms with Crippen molar-refractivity contribution in [2.24, 2.45) is 0 Å². The minimum absolute atomic E-state index is 0.0140. The maximum Gasteiger partial charge on any atom is 0.219 e. The van der Waals surface area contributed by atoms with Crippen LogP contribution in [-0.2, 0) is 9.53 Å². The molecule has 1 rings (SSSR count). The van der Waals surface area contributed by atoms with Crippen LogP contribution in [0.3, 0.4) is 0 Å². The molecule has 76 valence electrons. The fourth-order valence-electron chi connectivity index (χ4n) is 1.46. The molecule has 1 N–H and O–H groups in total. The van der Waals surface area contributed by atoms with Crippen LogP contribution >= 0.6 is 0 Å². The average molecular weight is 187 g/mol. The highest BCUT2D eigenvalue weighted by Gasteiger charge is 2.31. The summed E-state index contributed by atoms with van der Waals surface area (Å²) in [4.78, 5) is 12.5. The lowest BCUT2D eigenvalue weighted by Gasteiger charge is -2.35. The number of amides is 1. The topological polar surface area (TPSA) is 49.8 Å². The van der Waals surface area contributed by atoms with E-state index < -0.39 is 5.60 Å². The molecule has 0 aliphatic carbocycles. The van der Waals surface area contributed by atoms with Crippen LogP contribution in [0.1, 0.15) is 19.8 Å². The number of aliphatic hydroxyl groups is 1. The molecule has 0 saturated carbocycles. The smallest absolute Gasteiger partial charge is 0.219 e. The molecule has 1 aliphatic rings. The monoisotopic (exact) mass is 187 g/mol. The van der Waals surface area contributed by atoms with E-state index in [1.807, 2.05) is 0 Å². The third-order valence-electron chi connectivity index (χ3n) is 2.49. The van der Waals surface area contributed by atoms with Crippen molar-refractivity contribution in [3.05, 3.63) is 0 Å². The van der Waals surface area contributed by atoms with Gasteiger partial charge < -0.3 is 14.7 Å². The molecule has 0 spiro atoms. The summed E-state index contributed by atoms with van der Waals surface area (Å²) in [7, 11) is 1.70. The summed E-state index contributed by atoms with van der Waals surface area (Å²) in [5, 5.41) is 10.0. The predicted octanol–water partition coefficient (Wildman–Crippen LogP) is 0.00620. The molecule has 1 heterocycles. The molecule has 0 aromatic rings. The molecule has 0 radical (unpaired) electrons. The fraction of sp³-hybridized carbons (Fsp3) is 0.889. The van der Waals surface area contributed by atoms with E-state index >= 15 is 0 Å². The first kappa shape index (κ1) is 10.5. The largest absolute Gasteiger partial charge is 0.388 e. The van der Waals surface area contributed by atoms with Crippen molar-refractivity contribution >= 4 is 5.91 Å². The summed E-state index contributed by atoms with van der Waals surface area (Å²) < 4.78 is 5.14. The van der Waals surface area contributed by atoms with E-state index in [0.717, 1.165) is 0 Å². The first-order valence-corrected chi connectivity index (χ1v) is 4.55. The Balaban J connectivity index is 2.45. The number of nitrogens with zero attached hydrogens (tertiary/aromatic N) is 1. The van der Waals surface area contributed by atoms with E-state index in [1.165, 1.54) is 6.92 Å². The minimum atomic E-state index is -0.737. The van der Waals surface area contributed by atoms with Crippen LogP contribution in [0.15, 0.2) is 0 Å². The molecule has 1 aliphatic heterocycles. The van der Waals surface area contributed by atoms with E-state index in [9.17, 15) is 9.90 Å². The van der Waals surface area contributed by atoms with E-state index in [2.05, 4.69) is 0 Å². The molecule has 0 bridgehead atoms. The predicted molar refractivity (Wildman–Crippen MR) is 48.3 cm³/mol. The van der Waals surface area contributed by atoms with Crippen LogP contribution in [0.25, 0.3) is 0 Å². The van der Waals surface area contributed by atoms with Crippen molar-refractivity contribution in [2.45, 2.75) is 25.4 Å². The van der Waals surface area contributed by atoms with Gasteiger partial charge in [-0.3, -0.25) is 4.79 Å². The SMILES string of the molecule is CC(=O)N(C)CC1(O)CCOCC1. The second-order valence-electron chi connectivity index (χ2n) is 3.71. The molecule has 4 nitrogen and oxygen atoms in total. The quantitative estimate of drug-likeness (QED) is 0.662. The highest BCUT2D eigenvalue weighted by atomic mass is 16.5. The highest BCUT2D eigenvalue weighted by molar-refractivity contribution is 5.72. The molecule has 0 atom stereocenters. The molecule has 1 saturated heterocycles. The third kappa shape index (κ3) is 2.97. The van der Waals surface area contributed by atoms with Gasteiger partial charge in [-0.15, -0.1) is 0 Å². The van der Waals surface area contributed by atoms with Crippen LogP contribution in [0.2, 0.25) is 0 Å². The molecule has 0 aromatic carbocycles. The van der Waals surface area contributed by atoms with Crippen LogP contribution in [-0.4, -0.2) is 48.3 Å². The van der Waals surface area contributed by atoms with E-state index in [-0.39, 0.29) is 5.91 Å². The summed E-state index contributed by atoms with van der Waals surface area (Å²) in [5.41, 5.74) is -0.737.